The lowest BCUT2D eigenvalue weighted by Gasteiger charge is -2.35. The number of benzene rings is 3. The molecule has 5 rings (SSSR count). The zero-order valence-electron chi connectivity index (χ0n) is 24.3. The van der Waals surface area contributed by atoms with Gasteiger partial charge in [0, 0.05) is 28.7 Å². The third-order valence-corrected chi connectivity index (χ3v) is 8.81. The number of hydrogen-bond acceptors (Lipinski definition) is 4. The van der Waals surface area contributed by atoms with Crippen LogP contribution in [0.25, 0.3) is 21.7 Å². The van der Waals surface area contributed by atoms with Crippen molar-refractivity contribution in [3.63, 3.8) is 0 Å². The fourth-order valence-corrected chi connectivity index (χ4v) is 5.90. The Hall–Kier alpha value is -4.12. The highest BCUT2D eigenvalue weighted by molar-refractivity contribution is 7.52. The number of carbonyl (C=O) groups excluding carboxylic acids is 3. The SMILES string of the molecule is CC(C)(C)[C@H](NC(=O)c1cc2cc(C(F)(F)P(=O)(O)O)ccc2[nH]1)C(=O)N1CCC[C@H]1C(=O)Nc1ccc2ccccc2c1. The van der Waals surface area contributed by atoms with Crippen LogP contribution in [-0.4, -0.2) is 56.0 Å². The predicted octanol–water partition coefficient (Wildman–Crippen LogP) is 5.32. The Bertz CT molecular complexity index is 1810. The minimum atomic E-state index is -5.78. The number of anilines is 1. The van der Waals surface area contributed by atoms with Crippen LogP contribution in [0.3, 0.4) is 0 Å². The fraction of sp³-hybridized carbons (Fsp3) is 0.323. The zero-order chi connectivity index (χ0) is 32.0. The second-order valence-electron chi connectivity index (χ2n) is 12.1. The molecule has 2 heterocycles. The van der Waals surface area contributed by atoms with E-state index in [1.807, 2.05) is 36.4 Å². The molecule has 232 valence electrons. The van der Waals surface area contributed by atoms with Crippen molar-refractivity contribution in [2.45, 2.75) is 51.4 Å². The molecule has 3 amide bonds. The molecule has 0 unspecified atom stereocenters. The summed E-state index contributed by atoms with van der Waals surface area (Å²) in [5.41, 5.74) is -5.21. The third kappa shape index (κ3) is 6.10. The summed E-state index contributed by atoms with van der Waals surface area (Å²) in [7, 11) is -5.78. The van der Waals surface area contributed by atoms with Gasteiger partial charge in [-0.1, -0.05) is 57.2 Å². The molecule has 0 aliphatic carbocycles. The van der Waals surface area contributed by atoms with Gasteiger partial charge >= 0.3 is 13.3 Å². The van der Waals surface area contributed by atoms with Crippen LogP contribution in [0.1, 0.15) is 49.7 Å². The molecule has 0 radical (unpaired) electrons. The minimum absolute atomic E-state index is 0.0364. The van der Waals surface area contributed by atoms with Gasteiger partial charge in [-0.15, -0.1) is 0 Å². The van der Waals surface area contributed by atoms with Crippen molar-refractivity contribution in [3.05, 3.63) is 78.0 Å². The number of amides is 3. The van der Waals surface area contributed by atoms with E-state index in [1.165, 1.54) is 17.0 Å². The predicted molar refractivity (Wildman–Crippen MR) is 162 cm³/mol. The van der Waals surface area contributed by atoms with Crippen molar-refractivity contribution in [2.24, 2.45) is 5.41 Å². The van der Waals surface area contributed by atoms with Crippen molar-refractivity contribution in [1.82, 2.24) is 15.2 Å². The highest BCUT2D eigenvalue weighted by Crippen LogP contribution is 2.59. The molecule has 3 aromatic carbocycles. The Morgan fingerprint density at radius 1 is 0.977 bits per heavy atom. The Balaban J connectivity index is 1.34. The molecule has 2 atom stereocenters. The zero-order valence-corrected chi connectivity index (χ0v) is 25.2. The molecular weight excluding hydrogens is 593 g/mol. The lowest BCUT2D eigenvalue weighted by Crippen LogP contribution is -2.57. The molecule has 1 aliphatic rings. The Labute approximate surface area is 252 Å². The summed E-state index contributed by atoms with van der Waals surface area (Å²) in [5.74, 6) is -1.44. The van der Waals surface area contributed by atoms with Crippen LogP contribution < -0.4 is 10.6 Å². The van der Waals surface area contributed by atoms with Crippen LogP contribution in [0, 0.1) is 5.41 Å². The molecule has 1 saturated heterocycles. The van der Waals surface area contributed by atoms with E-state index in [4.69, 9.17) is 9.79 Å². The van der Waals surface area contributed by atoms with Crippen molar-refractivity contribution < 1.29 is 37.5 Å². The summed E-state index contributed by atoms with van der Waals surface area (Å²) < 4.78 is 39.8. The molecular formula is C31H33F2N4O6P. The average molecular weight is 627 g/mol. The third-order valence-electron chi connectivity index (χ3n) is 7.82. The highest BCUT2D eigenvalue weighted by Gasteiger charge is 2.50. The van der Waals surface area contributed by atoms with Crippen LogP contribution in [-0.2, 0) is 19.8 Å². The van der Waals surface area contributed by atoms with E-state index in [0.717, 1.165) is 22.9 Å². The second kappa shape index (κ2) is 11.4. The van der Waals surface area contributed by atoms with Gasteiger partial charge in [0.05, 0.1) is 0 Å². The van der Waals surface area contributed by atoms with E-state index in [-0.39, 0.29) is 22.5 Å². The maximum absolute atomic E-state index is 14.2. The van der Waals surface area contributed by atoms with Gasteiger partial charge in [0.1, 0.15) is 17.8 Å². The van der Waals surface area contributed by atoms with Crippen LogP contribution >= 0.6 is 7.60 Å². The molecule has 10 nitrogen and oxygen atoms in total. The van der Waals surface area contributed by atoms with E-state index in [0.29, 0.717) is 25.1 Å². The van der Waals surface area contributed by atoms with Gasteiger partial charge in [-0.25, -0.2) is 0 Å². The molecule has 1 aliphatic heterocycles. The van der Waals surface area contributed by atoms with Crippen molar-refractivity contribution in [3.8, 4) is 0 Å². The molecule has 4 aromatic rings. The van der Waals surface area contributed by atoms with E-state index < -0.39 is 48.1 Å². The van der Waals surface area contributed by atoms with Crippen LogP contribution in [0.2, 0.25) is 0 Å². The molecule has 5 N–H and O–H groups in total. The number of likely N-dealkylation sites (tertiary alicyclic amines) is 1. The number of H-pyrrole nitrogens is 1. The Kier molecular flexibility index (Phi) is 8.13. The van der Waals surface area contributed by atoms with E-state index in [2.05, 4.69) is 15.6 Å². The number of carbonyl (C=O) groups is 3. The minimum Gasteiger partial charge on any atom is -0.351 e. The van der Waals surface area contributed by atoms with Gasteiger partial charge in [-0.2, -0.15) is 8.78 Å². The number of nitrogens with zero attached hydrogens (tertiary/aromatic N) is 1. The first-order valence-corrected chi connectivity index (χ1v) is 15.7. The smallest absolute Gasteiger partial charge is 0.351 e. The summed E-state index contributed by atoms with van der Waals surface area (Å²) in [4.78, 5) is 63.0. The molecule has 1 fully saturated rings. The number of rotatable bonds is 7. The summed E-state index contributed by atoms with van der Waals surface area (Å²) in [6.07, 6.45) is 1.06. The van der Waals surface area contributed by atoms with Gasteiger partial charge in [-0.3, -0.25) is 18.9 Å². The lowest BCUT2D eigenvalue weighted by molar-refractivity contribution is -0.140. The van der Waals surface area contributed by atoms with E-state index in [1.54, 1.807) is 26.8 Å². The van der Waals surface area contributed by atoms with Crippen LogP contribution in [0.5, 0.6) is 0 Å². The number of fused-ring (bicyclic) bond motifs is 2. The molecule has 13 heteroatoms. The van der Waals surface area contributed by atoms with Crippen molar-refractivity contribution >= 4 is 52.7 Å². The fourth-order valence-electron chi connectivity index (χ4n) is 5.43. The number of nitrogens with one attached hydrogen (secondary N) is 3. The van der Waals surface area contributed by atoms with E-state index in [9.17, 15) is 27.7 Å². The van der Waals surface area contributed by atoms with Gasteiger partial charge in [0.2, 0.25) is 11.8 Å². The standard InChI is InChI=1S/C31H33F2N4O6P/c1-30(2,3)26(36-27(38)24-17-20-15-21(11-13-23(20)35-24)31(32,33)44(41,42)43)29(40)37-14-6-9-25(37)28(39)34-22-12-10-18-7-4-5-8-19(18)16-22/h4-5,7-8,10-13,15-17,25-26,35H,6,9,14H2,1-3H3,(H,34,39)(H,36,38)(H2,41,42,43)/t25-,26+/m0/s1. The molecule has 0 saturated carbocycles. The van der Waals surface area contributed by atoms with Crippen molar-refractivity contribution in [1.29, 1.82) is 0 Å². The average Bonchev–Trinajstić information content (AvgIpc) is 3.61. The molecule has 44 heavy (non-hydrogen) atoms. The highest BCUT2D eigenvalue weighted by atomic mass is 31.2. The monoisotopic (exact) mass is 626 g/mol. The summed E-state index contributed by atoms with van der Waals surface area (Å²) >= 11 is 0. The van der Waals surface area contributed by atoms with Gasteiger partial charge in [-0.05, 0) is 59.4 Å². The van der Waals surface area contributed by atoms with Gasteiger partial charge in [0.25, 0.3) is 5.91 Å². The number of alkyl halides is 2. The maximum Gasteiger partial charge on any atom is 0.399 e. The summed E-state index contributed by atoms with van der Waals surface area (Å²) in [6, 6.07) is 15.8. The molecule has 0 bridgehead atoms. The number of halogens is 2. The van der Waals surface area contributed by atoms with Gasteiger partial charge in [0.15, 0.2) is 0 Å². The lowest BCUT2D eigenvalue weighted by atomic mass is 9.85. The largest absolute Gasteiger partial charge is 0.399 e. The quantitative estimate of drug-likeness (QED) is 0.175. The van der Waals surface area contributed by atoms with Crippen LogP contribution in [0.4, 0.5) is 14.5 Å². The van der Waals surface area contributed by atoms with Crippen LogP contribution in [0.15, 0.2) is 66.7 Å². The molecule has 1 aromatic heterocycles. The number of aromatic nitrogens is 1. The maximum atomic E-state index is 14.2. The van der Waals surface area contributed by atoms with Gasteiger partial charge < -0.3 is 30.3 Å². The topological polar surface area (TPSA) is 152 Å². The summed E-state index contributed by atoms with van der Waals surface area (Å²) in [6.45, 7) is 5.66. The van der Waals surface area contributed by atoms with E-state index >= 15 is 0 Å². The number of aromatic amines is 1. The molecule has 0 spiro atoms. The second-order valence-corrected chi connectivity index (χ2v) is 13.7. The van der Waals surface area contributed by atoms with Crippen molar-refractivity contribution in [2.75, 3.05) is 11.9 Å². The first-order chi connectivity index (χ1) is 20.6. The Morgan fingerprint density at radius 3 is 2.36 bits per heavy atom. The Morgan fingerprint density at radius 2 is 1.68 bits per heavy atom. The first-order valence-electron chi connectivity index (χ1n) is 14.0. The first kappa shape index (κ1) is 31.3. The summed E-state index contributed by atoms with van der Waals surface area (Å²) in [5, 5.41) is 7.78. The number of hydrogen-bond donors (Lipinski definition) is 5. The normalized spacial score (nSPS) is 16.7.